The summed E-state index contributed by atoms with van der Waals surface area (Å²) in [7, 11) is 1.57. The molecule has 0 bridgehead atoms. The molecule has 1 atom stereocenters. The molecule has 0 amide bonds. The first kappa shape index (κ1) is 15.6. The number of ether oxygens (including phenoxy) is 2. The number of nitrogens with two attached hydrogens (primary N) is 1. The van der Waals surface area contributed by atoms with E-state index >= 15 is 0 Å². The standard InChI is InChI=1S/C13H20N4O4/c1-4-5-19-8-13(2,14)12-15-11(21-17-12)10-6-9(7-18-3)20-16-10/h6H,4-5,7-8,14H2,1-3H3. The number of aromatic nitrogens is 3. The number of methoxy groups -OCH3 is 1. The minimum Gasteiger partial charge on any atom is -0.379 e. The van der Waals surface area contributed by atoms with E-state index in [4.69, 9.17) is 24.3 Å². The van der Waals surface area contributed by atoms with Crippen LogP contribution in [0.5, 0.6) is 0 Å². The van der Waals surface area contributed by atoms with Crippen LogP contribution in [0.3, 0.4) is 0 Å². The van der Waals surface area contributed by atoms with Crippen molar-refractivity contribution in [2.24, 2.45) is 5.73 Å². The van der Waals surface area contributed by atoms with Gasteiger partial charge in [0.15, 0.2) is 17.3 Å². The lowest BCUT2D eigenvalue weighted by Gasteiger charge is -2.19. The first-order chi connectivity index (χ1) is 10.1. The molecular weight excluding hydrogens is 276 g/mol. The van der Waals surface area contributed by atoms with E-state index in [0.29, 0.717) is 37.1 Å². The molecule has 116 valence electrons. The van der Waals surface area contributed by atoms with Crippen LogP contribution in [0, 0.1) is 0 Å². The number of rotatable bonds is 8. The van der Waals surface area contributed by atoms with Gasteiger partial charge in [-0.05, 0) is 13.3 Å². The third-order valence-corrected chi connectivity index (χ3v) is 2.75. The fourth-order valence-corrected chi connectivity index (χ4v) is 1.68. The minimum atomic E-state index is -0.823. The normalized spacial score (nSPS) is 14.3. The molecule has 0 saturated carbocycles. The van der Waals surface area contributed by atoms with Crippen LogP contribution >= 0.6 is 0 Å². The lowest BCUT2D eigenvalue weighted by atomic mass is 10.1. The highest BCUT2D eigenvalue weighted by Gasteiger charge is 2.28. The Bertz CT molecular complexity index is 564. The van der Waals surface area contributed by atoms with Crippen molar-refractivity contribution in [3.05, 3.63) is 17.7 Å². The molecule has 0 aliphatic rings. The SMILES string of the molecule is CCCOCC(C)(N)c1noc(-c2cc(COC)on2)n1. The number of hydrogen-bond donors (Lipinski definition) is 1. The molecule has 2 N–H and O–H groups in total. The van der Waals surface area contributed by atoms with Gasteiger partial charge in [-0.2, -0.15) is 4.98 Å². The fourth-order valence-electron chi connectivity index (χ4n) is 1.68. The summed E-state index contributed by atoms with van der Waals surface area (Å²) < 4.78 is 20.7. The molecule has 0 aliphatic carbocycles. The largest absolute Gasteiger partial charge is 0.379 e. The molecule has 2 aromatic rings. The Labute approximate surface area is 122 Å². The van der Waals surface area contributed by atoms with Gasteiger partial charge in [-0.25, -0.2) is 0 Å². The van der Waals surface area contributed by atoms with Crippen molar-refractivity contribution < 1.29 is 18.5 Å². The molecule has 8 heteroatoms. The summed E-state index contributed by atoms with van der Waals surface area (Å²) in [5, 5.41) is 7.75. The zero-order valence-electron chi connectivity index (χ0n) is 12.5. The van der Waals surface area contributed by atoms with Crippen molar-refractivity contribution in [2.45, 2.75) is 32.4 Å². The summed E-state index contributed by atoms with van der Waals surface area (Å²) in [6.07, 6.45) is 0.925. The molecule has 0 saturated heterocycles. The second-order valence-corrected chi connectivity index (χ2v) is 5.00. The Hall–Kier alpha value is -1.77. The van der Waals surface area contributed by atoms with E-state index in [-0.39, 0.29) is 5.89 Å². The second-order valence-electron chi connectivity index (χ2n) is 5.00. The van der Waals surface area contributed by atoms with E-state index in [1.807, 2.05) is 6.92 Å². The molecule has 2 aromatic heterocycles. The first-order valence-corrected chi connectivity index (χ1v) is 6.72. The highest BCUT2D eigenvalue weighted by Crippen LogP contribution is 2.21. The molecule has 0 radical (unpaired) electrons. The molecule has 1 unspecified atom stereocenters. The van der Waals surface area contributed by atoms with Gasteiger partial charge in [-0.15, -0.1) is 0 Å². The van der Waals surface area contributed by atoms with Crippen LogP contribution in [0.15, 0.2) is 15.1 Å². The molecule has 0 aromatic carbocycles. The smallest absolute Gasteiger partial charge is 0.280 e. The van der Waals surface area contributed by atoms with Crippen LogP contribution in [0.1, 0.15) is 31.9 Å². The van der Waals surface area contributed by atoms with E-state index in [9.17, 15) is 0 Å². The predicted molar refractivity (Wildman–Crippen MR) is 73.2 cm³/mol. The summed E-state index contributed by atoms with van der Waals surface area (Å²) in [6.45, 7) is 5.10. The van der Waals surface area contributed by atoms with Gasteiger partial charge in [0.1, 0.15) is 12.1 Å². The Morgan fingerprint density at radius 3 is 2.86 bits per heavy atom. The van der Waals surface area contributed by atoms with Crippen molar-refractivity contribution in [3.63, 3.8) is 0 Å². The summed E-state index contributed by atoms with van der Waals surface area (Å²) >= 11 is 0. The maximum absolute atomic E-state index is 6.15. The molecule has 8 nitrogen and oxygen atoms in total. The summed E-state index contributed by atoms with van der Waals surface area (Å²) in [5.41, 5.74) is 5.78. The Morgan fingerprint density at radius 2 is 2.14 bits per heavy atom. The Kier molecular flexibility index (Phi) is 5.05. The third-order valence-electron chi connectivity index (χ3n) is 2.75. The molecule has 0 aliphatic heterocycles. The van der Waals surface area contributed by atoms with E-state index in [0.717, 1.165) is 6.42 Å². The van der Waals surface area contributed by atoms with E-state index in [2.05, 4.69) is 15.3 Å². The van der Waals surface area contributed by atoms with Crippen LogP contribution in [-0.4, -0.2) is 35.6 Å². The number of hydrogen-bond acceptors (Lipinski definition) is 8. The van der Waals surface area contributed by atoms with Gasteiger partial charge in [0.25, 0.3) is 5.89 Å². The van der Waals surface area contributed by atoms with Gasteiger partial charge >= 0.3 is 0 Å². The zero-order chi connectivity index (χ0) is 15.3. The average Bonchev–Trinajstić information content (AvgIpc) is 3.07. The lowest BCUT2D eigenvalue weighted by molar-refractivity contribution is 0.0867. The molecular formula is C13H20N4O4. The van der Waals surface area contributed by atoms with Crippen LogP contribution in [0.4, 0.5) is 0 Å². The minimum absolute atomic E-state index is 0.253. The van der Waals surface area contributed by atoms with E-state index < -0.39 is 5.54 Å². The Morgan fingerprint density at radius 1 is 1.33 bits per heavy atom. The van der Waals surface area contributed by atoms with Gasteiger partial charge in [-0.3, -0.25) is 0 Å². The van der Waals surface area contributed by atoms with Crippen molar-refractivity contribution in [1.82, 2.24) is 15.3 Å². The van der Waals surface area contributed by atoms with Gasteiger partial charge < -0.3 is 24.3 Å². The van der Waals surface area contributed by atoms with E-state index in [1.165, 1.54) is 0 Å². The lowest BCUT2D eigenvalue weighted by Crippen LogP contribution is -2.39. The molecule has 0 fully saturated rings. The maximum atomic E-state index is 6.15. The van der Waals surface area contributed by atoms with Crippen molar-refractivity contribution in [3.8, 4) is 11.6 Å². The molecule has 2 rings (SSSR count). The zero-order valence-corrected chi connectivity index (χ0v) is 12.5. The fraction of sp³-hybridized carbons (Fsp3) is 0.615. The quantitative estimate of drug-likeness (QED) is 0.729. The topological polar surface area (TPSA) is 109 Å². The summed E-state index contributed by atoms with van der Waals surface area (Å²) in [6, 6.07) is 1.68. The Balaban J connectivity index is 2.09. The van der Waals surface area contributed by atoms with Crippen molar-refractivity contribution in [2.75, 3.05) is 20.3 Å². The highest BCUT2D eigenvalue weighted by atomic mass is 16.5. The first-order valence-electron chi connectivity index (χ1n) is 6.72. The second kappa shape index (κ2) is 6.79. The van der Waals surface area contributed by atoms with Crippen LogP contribution in [0.2, 0.25) is 0 Å². The summed E-state index contributed by atoms with van der Waals surface area (Å²) in [5.74, 6) is 1.20. The number of nitrogens with zero attached hydrogens (tertiary/aromatic N) is 3. The third kappa shape index (κ3) is 3.87. The monoisotopic (exact) mass is 296 g/mol. The maximum Gasteiger partial charge on any atom is 0.280 e. The molecule has 0 spiro atoms. The summed E-state index contributed by atoms with van der Waals surface area (Å²) in [4.78, 5) is 4.26. The molecule has 21 heavy (non-hydrogen) atoms. The highest BCUT2D eigenvalue weighted by molar-refractivity contribution is 5.45. The van der Waals surface area contributed by atoms with Crippen molar-refractivity contribution >= 4 is 0 Å². The van der Waals surface area contributed by atoms with Crippen LogP contribution in [0.25, 0.3) is 11.6 Å². The van der Waals surface area contributed by atoms with Gasteiger partial charge in [-0.1, -0.05) is 17.2 Å². The van der Waals surface area contributed by atoms with Crippen LogP contribution in [-0.2, 0) is 21.6 Å². The van der Waals surface area contributed by atoms with Gasteiger partial charge in [0.2, 0.25) is 0 Å². The average molecular weight is 296 g/mol. The molecule has 2 heterocycles. The van der Waals surface area contributed by atoms with Gasteiger partial charge in [0, 0.05) is 19.8 Å². The van der Waals surface area contributed by atoms with Crippen LogP contribution < -0.4 is 5.73 Å². The predicted octanol–water partition coefficient (Wildman–Crippen LogP) is 1.47. The van der Waals surface area contributed by atoms with Crippen molar-refractivity contribution in [1.29, 1.82) is 0 Å². The van der Waals surface area contributed by atoms with Gasteiger partial charge in [0.05, 0.1) is 6.61 Å². The van der Waals surface area contributed by atoms with E-state index in [1.54, 1.807) is 20.1 Å².